The predicted octanol–water partition coefficient (Wildman–Crippen LogP) is 4.39. The molecular formula is C13H14Cl2OS. The molecule has 1 aliphatic heterocycles. The molecule has 0 spiro atoms. The Kier molecular flexibility index (Phi) is 4.06. The number of hydrogen-bond acceptors (Lipinski definition) is 2. The van der Waals surface area contributed by atoms with Gasteiger partial charge >= 0.3 is 0 Å². The number of rotatable bonds is 3. The maximum Gasteiger partial charge on any atom is 0.152 e. The van der Waals surface area contributed by atoms with Gasteiger partial charge in [-0.1, -0.05) is 29.3 Å². The number of halogens is 2. The van der Waals surface area contributed by atoms with Gasteiger partial charge in [0.15, 0.2) is 5.78 Å². The summed E-state index contributed by atoms with van der Waals surface area (Å²) in [6.07, 6.45) is 2.56. The van der Waals surface area contributed by atoms with E-state index in [1.807, 2.05) is 13.0 Å². The molecule has 92 valence electrons. The summed E-state index contributed by atoms with van der Waals surface area (Å²) in [4.78, 5) is 12.2. The fourth-order valence-corrected chi connectivity index (χ4v) is 3.60. The van der Waals surface area contributed by atoms with E-state index in [2.05, 4.69) is 0 Å². The topological polar surface area (TPSA) is 17.1 Å². The van der Waals surface area contributed by atoms with Crippen LogP contribution in [0.3, 0.4) is 0 Å². The van der Waals surface area contributed by atoms with Crippen molar-refractivity contribution in [3.05, 3.63) is 33.8 Å². The maximum absolute atomic E-state index is 12.2. The molecule has 17 heavy (non-hydrogen) atoms. The molecule has 0 amide bonds. The largest absolute Gasteiger partial charge is 0.298 e. The first kappa shape index (κ1) is 13.3. The van der Waals surface area contributed by atoms with Crippen molar-refractivity contribution in [1.82, 2.24) is 0 Å². The van der Waals surface area contributed by atoms with E-state index in [0.717, 1.165) is 24.2 Å². The zero-order chi connectivity index (χ0) is 12.5. The van der Waals surface area contributed by atoms with Crippen LogP contribution in [0.25, 0.3) is 0 Å². The summed E-state index contributed by atoms with van der Waals surface area (Å²) in [5.41, 5.74) is 0.943. The Morgan fingerprint density at radius 3 is 2.76 bits per heavy atom. The van der Waals surface area contributed by atoms with Gasteiger partial charge in [-0.3, -0.25) is 4.79 Å². The molecule has 1 atom stereocenters. The molecule has 0 aliphatic carbocycles. The molecule has 1 aromatic rings. The van der Waals surface area contributed by atoms with Crippen LogP contribution in [0.15, 0.2) is 18.2 Å². The SMILES string of the molecule is CC1(C(=O)Cc2ccc(Cl)c(Cl)c2)CCCS1. The number of carbonyl (C=O) groups is 1. The highest BCUT2D eigenvalue weighted by Crippen LogP contribution is 2.39. The number of ketones is 1. The molecule has 1 saturated heterocycles. The summed E-state index contributed by atoms with van der Waals surface area (Å²) in [6, 6.07) is 5.40. The Morgan fingerprint density at radius 2 is 2.18 bits per heavy atom. The first-order valence-corrected chi connectivity index (χ1v) is 7.37. The lowest BCUT2D eigenvalue weighted by atomic mass is 9.95. The van der Waals surface area contributed by atoms with Crippen molar-refractivity contribution in [2.45, 2.75) is 30.9 Å². The van der Waals surface area contributed by atoms with Crippen LogP contribution in [0.1, 0.15) is 25.3 Å². The van der Waals surface area contributed by atoms with Gasteiger partial charge in [0.2, 0.25) is 0 Å². The first-order chi connectivity index (χ1) is 8.01. The van der Waals surface area contributed by atoms with Gasteiger partial charge in [-0.25, -0.2) is 0 Å². The highest BCUT2D eigenvalue weighted by atomic mass is 35.5. The molecule has 4 heteroatoms. The molecule has 1 fully saturated rings. The van der Waals surface area contributed by atoms with Crippen LogP contribution in [0, 0.1) is 0 Å². The van der Waals surface area contributed by atoms with Gasteiger partial charge < -0.3 is 0 Å². The minimum atomic E-state index is -0.202. The van der Waals surface area contributed by atoms with Crippen LogP contribution in [-0.4, -0.2) is 16.3 Å². The third kappa shape index (κ3) is 2.98. The van der Waals surface area contributed by atoms with Crippen molar-refractivity contribution < 1.29 is 4.79 Å². The Morgan fingerprint density at radius 1 is 1.41 bits per heavy atom. The van der Waals surface area contributed by atoms with Crippen LogP contribution in [0.2, 0.25) is 10.0 Å². The Balaban J connectivity index is 2.10. The number of thioether (sulfide) groups is 1. The summed E-state index contributed by atoms with van der Waals surface area (Å²) in [7, 11) is 0. The van der Waals surface area contributed by atoms with E-state index in [9.17, 15) is 4.79 Å². The standard InChI is InChI=1S/C13H14Cl2OS/c1-13(5-2-6-17-13)12(16)8-9-3-4-10(14)11(15)7-9/h3-4,7H,2,5-6,8H2,1H3. The van der Waals surface area contributed by atoms with Gasteiger partial charge in [0.25, 0.3) is 0 Å². The van der Waals surface area contributed by atoms with Crippen LogP contribution in [0.4, 0.5) is 0 Å². The number of hydrogen-bond donors (Lipinski definition) is 0. The molecule has 2 rings (SSSR count). The summed E-state index contributed by atoms with van der Waals surface area (Å²) in [5.74, 6) is 1.38. The average molecular weight is 289 g/mol. The fraction of sp³-hybridized carbons (Fsp3) is 0.462. The van der Waals surface area contributed by atoms with Gasteiger partial charge in [0.1, 0.15) is 0 Å². The van der Waals surface area contributed by atoms with E-state index in [0.29, 0.717) is 22.2 Å². The lowest BCUT2D eigenvalue weighted by Crippen LogP contribution is -2.30. The lowest BCUT2D eigenvalue weighted by Gasteiger charge is -2.20. The van der Waals surface area contributed by atoms with E-state index in [1.54, 1.807) is 23.9 Å². The maximum atomic E-state index is 12.2. The van der Waals surface area contributed by atoms with E-state index in [4.69, 9.17) is 23.2 Å². The normalized spacial score (nSPS) is 23.9. The van der Waals surface area contributed by atoms with Crippen LogP contribution >= 0.6 is 35.0 Å². The molecule has 0 bridgehead atoms. The second-order valence-electron chi connectivity index (χ2n) is 4.53. The van der Waals surface area contributed by atoms with Crippen LogP contribution < -0.4 is 0 Å². The van der Waals surface area contributed by atoms with Crippen molar-refractivity contribution in [2.75, 3.05) is 5.75 Å². The molecule has 1 nitrogen and oxygen atoms in total. The van der Waals surface area contributed by atoms with Crippen molar-refractivity contribution in [3.8, 4) is 0 Å². The summed E-state index contributed by atoms with van der Waals surface area (Å²) in [5, 5.41) is 1.05. The number of benzene rings is 1. The molecular weight excluding hydrogens is 275 g/mol. The minimum Gasteiger partial charge on any atom is -0.298 e. The minimum absolute atomic E-state index is 0.202. The number of Topliss-reactive ketones (excluding diaryl/α,β-unsaturated/α-hetero) is 1. The molecule has 1 heterocycles. The van der Waals surface area contributed by atoms with E-state index >= 15 is 0 Å². The first-order valence-electron chi connectivity index (χ1n) is 5.62. The van der Waals surface area contributed by atoms with Gasteiger partial charge in [0, 0.05) is 6.42 Å². The average Bonchev–Trinajstić information content (AvgIpc) is 2.72. The van der Waals surface area contributed by atoms with Gasteiger partial charge in [0.05, 0.1) is 14.8 Å². The van der Waals surface area contributed by atoms with E-state index < -0.39 is 0 Å². The molecule has 0 radical (unpaired) electrons. The lowest BCUT2D eigenvalue weighted by molar-refractivity contribution is -0.120. The van der Waals surface area contributed by atoms with Gasteiger partial charge in [-0.2, -0.15) is 0 Å². The molecule has 0 aromatic heterocycles. The fourth-order valence-electron chi connectivity index (χ4n) is 2.02. The molecule has 1 unspecified atom stereocenters. The zero-order valence-electron chi connectivity index (χ0n) is 9.63. The summed E-state index contributed by atoms with van der Waals surface area (Å²) in [6.45, 7) is 2.05. The monoisotopic (exact) mass is 288 g/mol. The Hall–Kier alpha value is -0.180. The van der Waals surface area contributed by atoms with Gasteiger partial charge in [-0.15, -0.1) is 11.8 Å². The van der Waals surface area contributed by atoms with Crippen molar-refractivity contribution in [2.24, 2.45) is 0 Å². The third-order valence-corrected chi connectivity index (χ3v) is 5.46. The van der Waals surface area contributed by atoms with E-state index in [-0.39, 0.29) is 4.75 Å². The Labute approximate surface area is 116 Å². The molecule has 0 saturated carbocycles. The second-order valence-corrected chi connectivity index (χ2v) is 6.94. The molecule has 1 aliphatic rings. The summed E-state index contributed by atoms with van der Waals surface area (Å²) < 4.78 is -0.202. The van der Waals surface area contributed by atoms with Crippen LogP contribution in [0.5, 0.6) is 0 Å². The zero-order valence-corrected chi connectivity index (χ0v) is 12.0. The molecule has 0 N–H and O–H groups in total. The predicted molar refractivity (Wildman–Crippen MR) is 75.3 cm³/mol. The highest BCUT2D eigenvalue weighted by molar-refractivity contribution is 8.01. The molecule has 1 aromatic carbocycles. The quantitative estimate of drug-likeness (QED) is 0.821. The van der Waals surface area contributed by atoms with Gasteiger partial charge in [-0.05, 0) is 43.2 Å². The summed E-state index contributed by atoms with van der Waals surface area (Å²) >= 11 is 13.6. The van der Waals surface area contributed by atoms with E-state index in [1.165, 1.54) is 0 Å². The smallest absolute Gasteiger partial charge is 0.152 e. The Bertz CT molecular complexity index is 439. The number of carbonyl (C=O) groups excluding carboxylic acids is 1. The third-order valence-electron chi connectivity index (χ3n) is 3.16. The van der Waals surface area contributed by atoms with Crippen molar-refractivity contribution in [1.29, 1.82) is 0 Å². The highest BCUT2D eigenvalue weighted by Gasteiger charge is 2.36. The second kappa shape index (κ2) is 5.21. The van der Waals surface area contributed by atoms with Crippen LogP contribution in [-0.2, 0) is 11.2 Å². The van der Waals surface area contributed by atoms with Crippen molar-refractivity contribution in [3.63, 3.8) is 0 Å². The van der Waals surface area contributed by atoms with Crippen molar-refractivity contribution >= 4 is 40.7 Å².